The highest BCUT2D eigenvalue weighted by Crippen LogP contribution is 2.28. The van der Waals surface area contributed by atoms with E-state index >= 15 is 0 Å². The maximum absolute atomic E-state index is 10.7. The Hall–Kier alpha value is -2.50. The van der Waals surface area contributed by atoms with Gasteiger partial charge in [0.25, 0.3) is 0 Å². The maximum atomic E-state index is 10.7. The smallest absolute Gasteiger partial charge is 0.303 e. The van der Waals surface area contributed by atoms with Gasteiger partial charge in [-0.15, -0.1) is 0 Å². The summed E-state index contributed by atoms with van der Waals surface area (Å²) in [5.41, 5.74) is 2.14. The molecule has 0 aliphatic rings. The minimum Gasteiger partial charge on any atom is -0.508 e. The number of aliphatic carboxylic acids is 1. The molecule has 0 saturated carbocycles. The number of phenols is 1. The third-order valence-electron chi connectivity index (χ3n) is 2.99. The van der Waals surface area contributed by atoms with Crippen molar-refractivity contribution in [3.8, 4) is 17.3 Å². The van der Waals surface area contributed by atoms with Crippen molar-refractivity contribution in [2.24, 2.45) is 0 Å². The van der Waals surface area contributed by atoms with E-state index in [1.165, 1.54) is 7.11 Å². The number of methoxy groups -OCH3 is 1. The molecule has 0 unspecified atom stereocenters. The minimum atomic E-state index is -0.864. The average molecular weight is 276 g/mol. The lowest BCUT2D eigenvalue weighted by atomic mass is 10.1. The number of aryl methyl sites for hydroxylation is 1. The van der Waals surface area contributed by atoms with Crippen LogP contribution in [0.1, 0.15) is 17.7 Å². The highest BCUT2D eigenvalue weighted by atomic mass is 16.5. The zero-order valence-corrected chi connectivity index (χ0v) is 11.3. The SMILES string of the molecule is COc1c(CCC(=O)O)c(C)nn1-c1cccc(O)c1. The van der Waals surface area contributed by atoms with Gasteiger partial charge in [-0.25, -0.2) is 4.68 Å². The number of ether oxygens (including phenoxy) is 1. The fraction of sp³-hybridized carbons (Fsp3) is 0.286. The summed E-state index contributed by atoms with van der Waals surface area (Å²) in [5, 5.41) is 22.7. The Morgan fingerprint density at radius 1 is 1.45 bits per heavy atom. The lowest BCUT2D eigenvalue weighted by Crippen LogP contribution is -2.02. The number of hydrogen-bond donors (Lipinski definition) is 2. The molecule has 2 rings (SSSR count). The summed E-state index contributed by atoms with van der Waals surface area (Å²) < 4.78 is 6.91. The van der Waals surface area contributed by atoms with Crippen LogP contribution in [0, 0.1) is 6.92 Å². The number of phenolic OH excluding ortho intramolecular Hbond substituents is 1. The molecule has 0 amide bonds. The number of hydrogen-bond acceptors (Lipinski definition) is 4. The Balaban J connectivity index is 2.44. The van der Waals surface area contributed by atoms with Crippen molar-refractivity contribution in [3.05, 3.63) is 35.5 Å². The Bertz CT molecular complexity index is 634. The number of carboxylic acid groups (broad SMARTS) is 1. The number of benzene rings is 1. The quantitative estimate of drug-likeness (QED) is 0.871. The lowest BCUT2D eigenvalue weighted by Gasteiger charge is -2.08. The van der Waals surface area contributed by atoms with Crippen molar-refractivity contribution in [2.45, 2.75) is 19.8 Å². The lowest BCUT2D eigenvalue weighted by molar-refractivity contribution is -0.136. The molecule has 106 valence electrons. The zero-order valence-electron chi connectivity index (χ0n) is 11.3. The standard InChI is InChI=1S/C14H16N2O4/c1-9-12(6-7-13(18)19)14(20-2)16(15-9)10-4-3-5-11(17)8-10/h3-5,8,17H,6-7H2,1-2H3,(H,18,19). The first-order chi connectivity index (χ1) is 9.52. The van der Waals surface area contributed by atoms with E-state index in [4.69, 9.17) is 9.84 Å². The second-order valence-corrected chi connectivity index (χ2v) is 4.40. The van der Waals surface area contributed by atoms with Crippen LogP contribution in [0.25, 0.3) is 5.69 Å². The van der Waals surface area contributed by atoms with E-state index in [0.29, 0.717) is 23.7 Å². The number of nitrogens with zero attached hydrogens (tertiary/aromatic N) is 2. The molecule has 0 bridgehead atoms. The van der Waals surface area contributed by atoms with Crippen LogP contribution in [0.2, 0.25) is 0 Å². The number of aromatic hydroxyl groups is 1. The van der Waals surface area contributed by atoms with Gasteiger partial charge in [0.15, 0.2) is 0 Å². The van der Waals surface area contributed by atoms with E-state index in [1.54, 1.807) is 35.9 Å². The Labute approximate surface area is 116 Å². The highest BCUT2D eigenvalue weighted by Gasteiger charge is 2.18. The summed E-state index contributed by atoms with van der Waals surface area (Å²) in [6.07, 6.45) is 0.367. The van der Waals surface area contributed by atoms with E-state index in [0.717, 1.165) is 5.56 Å². The van der Waals surface area contributed by atoms with Crippen LogP contribution >= 0.6 is 0 Å². The monoisotopic (exact) mass is 276 g/mol. The van der Waals surface area contributed by atoms with Gasteiger partial charge in [-0.1, -0.05) is 6.07 Å². The molecule has 0 atom stereocenters. The number of rotatable bonds is 5. The van der Waals surface area contributed by atoms with Gasteiger partial charge in [-0.3, -0.25) is 4.79 Å². The van der Waals surface area contributed by atoms with Crippen LogP contribution in [0.5, 0.6) is 11.6 Å². The van der Waals surface area contributed by atoms with Crippen LogP contribution in [0.3, 0.4) is 0 Å². The molecular formula is C14H16N2O4. The fourth-order valence-corrected chi connectivity index (χ4v) is 2.07. The normalized spacial score (nSPS) is 10.5. The first-order valence-corrected chi connectivity index (χ1v) is 6.16. The molecule has 6 heteroatoms. The first-order valence-electron chi connectivity index (χ1n) is 6.16. The summed E-state index contributed by atoms with van der Waals surface area (Å²) >= 11 is 0. The molecule has 6 nitrogen and oxygen atoms in total. The van der Waals surface area contributed by atoms with E-state index in [1.807, 2.05) is 0 Å². The Morgan fingerprint density at radius 3 is 2.80 bits per heavy atom. The van der Waals surface area contributed by atoms with Gasteiger partial charge in [0.2, 0.25) is 5.88 Å². The number of carbonyl (C=O) groups is 1. The van der Waals surface area contributed by atoms with Crippen molar-refractivity contribution in [2.75, 3.05) is 7.11 Å². The van der Waals surface area contributed by atoms with Gasteiger partial charge < -0.3 is 14.9 Å². The summed E-state index contributed by atoms with van der Waals surface area (Å²) in [4.78, 5) is 10.7. The van der Waals surface area contributed by atoms with Crippen LogP contribution < -0.4 is 4.74 Å². The van der Waals surface area contributed by atoms with Crippen molar-refractivity contribution >= 4 is 5.97 Å². The summed E-state index contributed by atoms with van der Waals surface area (Å²) in [5.74, 6) is -0.240. The van der Waals surface area contributed by atoms with Gasteiger partial charge in [-0.05, 0) is 25.5 Å². The zero-order chi connectivity index (χ0) is 14.7. The maximum Gasteiger partial charge on any atom is 0.303 e. The predicted molar refractivity (Wildman–Crippen MR) is 72.5 cm³/mol. The number of carboxylic acids is 1. The Kier molecular flexibility index (Phi) is 3.93. The van der Waals surface area contributed by atoms with Crippen LogP contribution in [-0.4, -0.2) is 33.1 Å². The molecule has 0 saturated heterocycles. The molecule has 0 fully saturated rings. The first kappa shape index (κ1) is 13.9. The molecule has 0 radical (unpaired) electrons. The summed E-state index contributed by atoms with van der Waals surface area (Å²) in [6.45, 7) is 1.80. The van der Waals surface area contributed by atoms with E-state index in [-0.39, 0.29) is 12.2 Å². The van der Waals surface area contributed by atoms with E-state index in [2.05, 4.69) is 5.10 Å². The molecule has 20 heavy (non-hydrogen) atoms. The van der Waals surface area contributed by atoms with Crippen LogP contribution in [0.15, 0.2) is 24.3 Å². The summed E-state index contributed by atoms with van der Waals surface area (Å²) in [7, 11) is 1.51. The fourth-order valence-electron chi connectivity index (χ4n) is 2.07. The molecule has 0 aliphatic carbocycles. The van der Waals surface area contributed by atoms with Crippen molar-refractivity contribution in [1.82, 2.24) is 9.78 Å². The third kappa shape index (κ3) is 2.74. The molecule has 1 aromatic heterocycles. The molecule has 2 N–H and O–H groups in total. The summed E-state index contributed by atoms with van der Waals surface area (Å²) in [6, 6.07) is 6.63. The molecular weight excluding hydrogens is 260 g/mol. The van der Waals surface area contributed by atoms with E-state index < -0.39 is 5.97 Å². The van der Waals surface area contributed by atoms with Gasteiger partial charge in [0, 0.05) is 18.1 Å². The van der Waals surface area contributed by atoms with Crippen molar-refractivity contribution < 1.29 is 19.7 Å². The second-order valence-electron chi connectivity index (χ2n) is 4.40. The predicted octanol–water partition coefficient (Wildman–Crippen LogP) is 1.91. The Morgan fingerprint density at radius 2 is 2.20 bits per heavy atom. The van der Waals surface area contributed by atoms with E-state index in [9.17, 15) is 9.90 Å². The second kappa shape index (κ2) is 5.64. The topological polar surface area (TPSA) is 84.6 Å². The van der Waals surface area contributed by atoms with Crippen molar-refractivity contribution in [3.63, 3.8) is 0 Å². The molecule has 0 spiro atoms. The van der Waals surface area contributed by atoms with Crippen LogP contribution in [0.4, 0.5) is 0 Å². The molecule has 2 aromatic rings. The number of aromatic nitrogens is 2. The largest absolute Gasteiger partial charge is 0.508 e. The molecule has 1 aromatic carbocycles. The highest BCUT2D eigenvalue weighted by molar-refractivity contribution is 5.67. The van der Waals surface area contributed by atoms with Gasteiger partial charge in [0.1, 0.15) is 5.75 Å². The van der Waals surface area contributed by atoms with Gasteiger partial charge in [-0.2, -0.15) is 5.10 Å². The molecule has 1 heterocycles. The van der Waals surface area contributed by atoms with Gasteiger partial charge >= 0.3 is 5.97 Å². The average Bonchev–Trinajstić information content (AvgIpc) is 2.72. The van der Waals surface area contributed by atoms with Gasteiger partial charge in [0.05, 0.1) is 18.5 Å². The molecule has 0 aliphatic heterocycles. The third-order valence-corrected chi connectivity index (χ3v) is 2.99. The minimum absolute atomic E-state index is 0.0168. The van der Waals surface area contributed by atoms with Crippen LogP contribution in [-0.2, 0) is 11.2 Å². The van der Waals surface area contributed by atoms with Crippen molar-refractivity contribution in [1.29, 1.82) is 0 Å².